The molecule has 3 atom stereocenters. The highest BCUT2D eigenvalue weighted by Crippen LogP contribution is 2.18. The molecule has 0 spiro atoms. The van der Waals surface area contributed by atoms with E-state index in [1.54, 1.807) is 0 Å². The molecule has 2 unspecified atom stereocenters. The number of hydrogen-bond acceptors (Lipinski definition) is 3. The van der Waals surface area contributed by atoms with Crippen molar-refractivity contribution in [3.05, 3.63) is 0 Å². The first-order chi connectivity index (χ1) is 6.24. The van der Waals surface area contributed by atoms with E-state index in [9.17, 15) is 4.79 Å². The van der Waals surface area contributed by atoms with Gasteiger partial charge in [0.2, 0.25) is 0 Å². The highest BCUT2D eigenvalue weighted by atomic mass is 16.5. The van der Waals surface area contributed by atoms with Gasteiger partial charge in [0, 0.05) is 18.1 Å². The van der Waals surface area contributed by atoms with Crippen LogP contribution in [0.3, 0.4) is 0 Å². The molecular weight excluding hydrogens is 172 g/mol. The van der Waals surface area contributed by atoms with Crippen molar-refractivity contribution in [1.29, 1.82) is 0 Å². The van der Waals surface area contributed by atoms with E-state index in [-0.39, 0.29) is 6.04 Å². The van der Waals surface area contributed by atoms with Crippen LogP contribution in [0.2, 0.25) is 0 Å². The molecule has 5 nitrogen and oxygen atoms in total. The number of morpholine rings is 1. The Hall–Kier alpha value is -0.810. The lowest BCUT2D eigenvalue weighted by molar-refractivity contribution is 0.0151. The van der Waals surface area contributed by atoms with E-state index >= 15 is 0 Å². The van der Waals surface area contributed by atoms with Gasteiger partial charge in [-0.25, -0.2) is 4.79 Å². The fourth-order valence-electron chi connectivity index (χ4n) is 2.13. The van der Waals surface area contributed by atoms with Crippen molar-refractivity contribution in [3.8, 4) is 0 Å². The van der Waals surface area contributed by atoms with Crippen LogP contribution in [0.4, 0.5) is 4.79 Å². The third-order valence-electron chi connectivity index (χ3n) is 2.58. The summed E-state index contributed by atoms with van der Waals surface area (Å²) in [5, 5.41) is 14.5. The van der Waals surface area contributed by atoms with Gasteiger partial charge in [-0.1, -0.05) is 0 Å². The third-order valence-corrected chi connectivity index (χ3v) is 2.58. The van der Waals surface area contributed by atoms with Crippen molar-refractivity contribution < 1.29 is 14.6 Å². The minimum Gasteiger partial charge on any atom is -0.465 e. The number of nitrogens with one attached hydrogen (secondary N) is 2. The van der Waals surface area contributed by atoms with Crippen LogP contribution in [-0.2, 0) is 4.74 Å². The van der Waals surface area contributed by atoms with Crippen molar-refractivity contribution in [2.24, 2.45) is 0 Å². The minimum absolute atomic E-state index is 0.0950. The van der Waals surface area contributed by atoms with Gasteiger partial charge in [0.15, 0.2) is 0 Å². The number of amides is 1. The van der Waals surface area contributed by atoms with Crippen molar-refractivity contribution in [1.82, 2.24) is 10.6 Å². The van der Waals surface area contributed by atoms with E-state index in [1.165, 1.54) is 0 Å². The largest absolute Gasteiger partial charge is 0.465 e. The SMILES string of the molecule is O=C(O)NC1CC2COC[C@H](C1)N2. The summed E-state index contributed by atoms with van der Waals surface area (Å²) in [7, 11) is 0. The summed E-state index contributed by atoms with van der Waals surface area (Å²) in [5.74, 6) is 0. The highest BCUT2D eigenvalue weighted by molar-refractivity contribution is 5.64. The fourth-order valence-corrected chi connectivity index (χ4v) is 2.13. The molecule has 2 fully saturated rings. The Morgan fingerprint density at radius 3 is 2.54 bits per heavy atom. The van der Waals surface area contributed by atoms with Gasteiger partial charge in [0.1, 0.15) is 0 Å². The minimum atomic E-state index is -0.925. The molecule has 0 aromatic carbocycles. The van der Waals surface area contributed by atoms with E-state index in [0.717, 1.165) is 12.8 Å². The summed E-state index contributed by atoms with van der Waals surface area (Å²) in [5.41, 5.74) is 0. The molecule has 0 aromatic rings. The summed E-state index contributed by atoms with van der Waals surface area (Å²) < 4.78 is 5.35. The molecule has 1 amide bonds. The second-order valence-corrected chi connectivity index (χ2v) is 3.72. The van der Waals surface area contributed by atoms with Crippen LogP contribution in [0.1, 0.15) is 12.8 Å². The Balaban J connectivity index is 1.90. The molecule has 2 rings (SSSR count). The summed E-state index contributed by atoms with van der Waals surface area (Å²) in [6.07, 6.45) is 0.747. The number of carboxylic acid groups (broad SMARTS) is 1. The maximum absolute atomic E-state index is 10.4. The summed E-state index contributed by atoms with van der Waals surface area (Å²) in [4.78, 5) is 10.4. The molecule has 0 aromatic heterocycles. The lowest BCUT2D eigenvalue weighted by Gasteiger charge is -2.39. The maximum atomic E-state index is 10.4. The Kier molecular flexibility index (Phi) is 2.37. The van der Waals surface area contributed by atoms with E-state index in [0.29, 0.717) is 25.3 Å². The van der Waals surface area contributed by atoms with Gasteiger partial charge in [0.25, 0.3) is 0 Å². The molecule has 5 heteroatoms. The van der Waals surface area contributed by atoms with Gasteiger partial charge in [-0.15, -0.1) is 0 Å². The lowest BCUT2D eigenvalue weighted by atomic mass is 9.93. The second kappa shape index (κ2) is 3.51. The number of ether oxygens (including phenoxy) is 1. The highest BCUT2D eigenvalue weighted by Gasteiger charge is 2.32. The Labute approximate surface area is 76.5 Å². The standard InChI is InChI=1S/C8H14N2O3/c11-8(12)10-5-1-6-3-13-4-7(2-5)9-6/h5-7,9-10H,1-4H2,(H,11,12)/t5?,6-,7?/m0/s1. The zero-order valence-electron chi connectivity index (χ0n) is 7.32. The Bertz CT molecular complexity index is 198. The van der Waals surface area contributed by atoms with Crippen LogP contribution in [0.5, 0.6) is 0 Å². The molecular formula is C8H14N2O3. The topological polar surface area (TPSA) is 70.6 Å². The third kappa shape index (κ3) is 2.10. The average Bonchev–Trinajstić information content (AvgIpc) is 2.01. The Morgan fingerprint density at radius 1 is 1.38 bits per heavy atom. The molecule has 2 aliphatic rings. The van der Waals surface area contributed by atoms with Gasteiger partial charge in [-0.3, -0.25) is 0 Å². The first-order valence-electron chi connectivity index (χ1n) is 4.57. The fraction of sp³-hybridized carbons (Fsp3) is 0.875. The van der Waals surface area contributed by atoms with Crippen molar-refractivity contribution in [2.45, 2.75) is 31.0 Å². The summed E-state index contributed by atoms with van der Waals surface area (Å²) in [6, 6.07) is 0.742. The molecule has 2 aliphatic heterocycles. The molecule has 3 N–H and O–H groups in total. The van der Waals surface area contributed by atoms with Crippen molar-refractivity contribution in [2.75, 3.05) is 13.2 Å². The zero-order chi connectivity index (χ0) is 9.26. The smallest absolute Gasteiger partial charge is 0.404 e. The average molecular weight is 186 g/mol. The van der Waals surface area contributed by atoms with Crippen molar-refractivity contribution >= 4 is 6.09 Å². The summed E-state index contributed by atoms with van der Waals surface area (Å²) in [6.45, 7) is 1.41. The normalized spacial score (nSPS) is 38.3. The molecule has 2 heterocycles. The van der Waals surface area contributed by atoms with Crippen LogP contribution in [0.25, 0.3) is 0 Å². The van der Waals surface area contributed by atoms with Gasteiger partial charge < -0.3 is 20.5 Å². The molecule has 2 bridgehead atoms. The molecule has 74 valence electrons. The van der Waals surface area contributed by atoms with Gasteiger partial charge in [0.05, 0.1) is 13.2 Å². The first-order valence-corrected chi connectivity index (χ1v) is 4.57. The number of piperidine rings is 1. The van der Waals surface area contributed by atoms with Crippen LogP contribution in [0, 0.1) is 0 Å². The summed E-state index contributed by atoms with van der Waals surface area (Å²) >= 11 is 0. The molecule has 0 saturated carbocycles. The number of rotatable bonds is 1. The van der Waals surface area contributed by atoms with Gasteiger partial charge in [-0.2, -0.15) is 0 Å². The predicted molar refractivity (Wildman–Crippen MR) is 45.7 cm³/mol. The van der Waals surface area contributed by atoms with Crippen LogP contribution in [0.15, 0.2) is 0 Å². The van der Waals surface area contributed by atoms with E-state index < -0.39 is 6.09 Å². The van der Waals surface area contributed by atoms with Crippen LogP contribution >= 0.6 is 0 Å². The van der Waals surface area contributed by atoms with E-state index in [2.05, 4.69) is 10.6 Å². The monoisotopic (exact) mass is 186 g/mol. The second-order valence-electron chi connectivity index (χ2n) is 3.72. The maximum Gasteiger partial charge on any atom is 0.404 e. The molecule has 0 aliphatic carbocycles. The number of hydrogen-bond donors (Lipinski definition) is 3. The van der Waals surface area contributed by atoms with Crippen molar-refractivity contribution in [3.63, 3.8) is 0 Å². The van der Waals surface area contributed by atoms with Gasteiger partial charge >= 0.3 is 6.09 Å². The van der Waals surface area contributed by atoms with E-state index in [1.807, 2.05) is 0 Å². The van der Waals surface area contributed by atoms with Gasteiger partial charge in [-0.05, 0) is 12.8 Å². The van der Waals surface area contributed by atoms with E-state index in [4.69, 9.17) is 9.84 Å². The molecule has 13 heavy (non-hydrogen) atoms. The Morgan fingerprint density at radius 2 is 2.00 bits per heavy atom. The number of carbonyl (C=O) groups is 1. The predicted octanol–water partition coefficient (Wildman–Crippen LogP) is -0.227. The quantitative estimate of drug-likeness (QED) is 0.529. The lowest BCUT2D eigenvalue weighted by Crippen LogP contribution is -2.58. The molecule has 2 saturated heterocycles. The van der Waals surface area contributed by atoms with Crippen LogP contribution in [-0.4, -0.2) is 42.5 Å². The molecule has 0 radical (unpaired) electrons. The zero-order valence-corrected chi connectivity index (χ0v) is 7.32. The van der Waals surface area contributed by atoms with Crippen LogP contribution < -0.4 is 10.6 Å². The first kappa shape index (κ1) is 8.77. The number of fused-ring (bicyclic) bond motifs is 2.